The molecule has 1 N–H and O–H groups in total. The summed E-state index contributed by atoms with van der Waals surface area (Å²) in [5.74, 6) is 0.115. The molecule has 0 bridgehead atoms. The van der Waals surface area contributed by atoms with Crippen LogP contribution in [0.5, 0.6) is 0 Å². The maximum Gasteiger partial charge on any atom is 0.286 e. The van der Waals surface area contributed by atoms with Gasteiger partial charge >= 0.3 is 0 Å². The number of amides is 1. The highest BCUT2D eigenvalue weighted by molar-refractivity contribution is 7.90. The van der Waals surface area contributed by atoms with Crippen LogP contribution in [-0.4, -0.2) is 47.0 Å². The third-order valence-corrected chi connectivity index (χ3v) is 5.92. The number of carbonyl (C=O) groups excluding carboxylic acids is 1. The number of amidine groups is 1. The number of rotatable bonds is 4. The summed E-state index contributed by atoms with van der Waals surface area (Å²) in [6, 6.07) is 2.87. The van der Waals surface area contributed by atoms with Crippen molar-refractivity contribution in [2.75, 3.05) is 31.7 Å². The molecule has 1 saturated heterocycles. The topological polar surface area (TPSA) is 88.1 Å². The molecular weight excluding hydrogens is 366 g/mol. The fourth-order valence-electron chi connectivity index (χ4n) is 3.03. The summed E-state index contributed by atoms with van der Waals surface area (Å²) >= 11 is 6.28. The van der Waals surface area contributed by atoms with Crippen molar-refractivity contribution >= 4 is 39.1 Å². The molecule has 1 fully saturated rings. The molecule has 2 aliphatic heterocycles. The van der Waals surface area contributed by atoms with Gasteiger partial charge < -0.3 is 15.0 Å². The van der Waals surface area contributed by atoms with Crippen LogP contribution in [0.2, 0.25) is 5.02 Å². The number of halogens is 1. The van der Waals surface area contributed by atoms with E-state index in [1.165, 1.54) is 13.2 Å². The van der Waals surface area contributed by atoms with Crippen molar-refractivity contribution in [2.45, 2.75) is 30.6 Å². The number of sulfonamides is 1. The van der Waals surface area contributed by atoms with Gasteiger partial charge in [0.25, 0.3) is 15.9 Å². The van der Waals surface area contributed by atoms with Crippen LogP contribution in [0.4, 0.5) is 5.69 Å². The van der Waals surface area contributed by atoms with Gasteiger partial charge in [-0.1, -0.05) is 18.0 Å². The molecule has 1 aromatic carbocycles. The fraction of sp³-hybridized carbons (Fsp3) is 0.500. The minimum Gasteiger partial charge on any atom is -0.383 e. The molecular formula is C16H20ClN3O4S. The number of nitrogens with zero attached hydrogens (tertiary/aromatic N) is 2. The fourth-order valence-corrected chi connectivity index (χ4v) is 4.54. The van der Waals surface area contributed by atoms with Crippen LogP contribution < -0.4 is 10.2 Å². The maximum absolute atomic E-state index is 12.6. The summed E-state index contributed by atoms with van der Waals surface area (Å²) in [7, 11) is -2.31. The van der Waals surface area contributed by atoms with Crippen molar-refractivity contribution in [2.24, 2.45) is 4.40 Å². The van der Waals surface area contributed by atoms with Crippen LogP contribution in [0.25, 0.3) is 0 Å². The van der Waals surface area contributed by atoms with Gasteiger partial charge in [-0.15, -0.1) is 4.40 Å². The van der Waals surface area contributed by atoms with Crippen molar-refractivity contribution in [1.29, 1.82) is 0 Å². The van der Waals surface area contributed by atoms with Crippen molar-refractivity contribution in [3.8, 4) is 0 Å². The lowest BCUT2D eigenvalue weighted by atomic mass is 10.1. The van der Waals surface area contributed by atoms with Crippen LogP contribution in [0.1, 0.15) is 36.0 Å². The van der Waals surface area contributed by atoms with Crippen LogP contribution in [0.3, 0.4) is 0 Å². The quantitative estimate of drug-likeness (QED) is 0.802. The van der Waals surface area contributed by atoms with E-state index in [1.807, 2.05) is 4.90 Å². The van der Waals surface area contributed by atoms with Crippen LogP contribution in [0, 0.1) is 0 Å². The normalized spacial score (nSPS) is 18.6. The Balaban J connectivity index is 2.01. The Labute approximate surface area is 152 Å². The molecule has 1 amide bonds. The van der Waals surface area contributed by atoms with E-state index in [0.717, 1.165) is 19.3 Å². The number of anilines is 1. The van der Waals surface area contributed by atoms with E-state index in [0.29, 0.717) is 37.6 Å². The lowest BCUT2D eigenvalue weighted by Gasteiger charge is -2.30. The lowest BCUT2D eigenvalue weighted by molar-refractivity contribution is 0.0937. The van der Waals surface area contributed by atoms with Gasteiger partial charge in [-0.05, 0) is 25.0 Å². The average Bonchev–Trinajstić information content (AvgIpc) is 2.79. The molecule has 2 aliphatic rings. The van der Waals surface area contributed by atoms with E-state index in [-0.39, 0.29) is 15.5 Å². The number of hydrogen-bond donors (Lipinski definition) is 1. The Morgan fingerprint density at radius 3 is 2.92 bits per heavy atom. The van der Waals surface area contributed by atoms with Gasteiger partial charge in [-0.2, -0.15) is 8.42 Å². The van der Waals surface area contributed by atoms with Crippen molar-refractivity contribution in [3.63, 3.8) is 0 Å². The number of methoxy groups -OCH3 is 1. The maximum atomic E-state index is 12.6. The molecule has 9 heteroatoms. The number of hydrogen-bond acceptors (Lipinski definition) is 5. The zero-order valence-corrected chi connectivity index (χ0v) is 15.5. The van der Waals surface area contributed by atoms with Crippen LogP contribution in [-0.2, 0) is 14.8 Å². The molecule has 0 spiro atoms. The molecule has 0 atom stereocenters. The Kier molecular flexibility index (Phi) is 5.31. The average molecular weight is 386 g/mol. The predicted octanol–water partition coefficient (Wildman–Crippen LogP) is 2.20. The van der Waals surface area contributed by atoms with Crippen LogP contribution >= 0.6 is 11.6 Å². The Morgan fingerprint density at radius 1 is 1.36 bits per heavy atom. The van der Waals surface area contributed by atoms with E-state index < -0.39 is 15.9 Å². The molecule has 0 aliphatic carbocycles. The highest BCUT2D eigenvalue weighted by atomic mass is 35.5. The van der Waals surface area contributed by atoms with Crippen molar-refractivity contribution < 1.29 is 17.9 Å². The number of fused-ring (bicyclic) bond motifs is 3. The SMILES string of the molecule is COCCNC(=O)c1cc2c(cc1Cl)N1CCCCCC1=NS2(=O)=O. The van der Waals surface area contributed by atoms with Crippen molar-refractivity contribution in [1.82, 2.24) is 5.32 Å². The molecule has 25 heavy (non-hydrogen) atoms. The van der Waals surface area contributed by atoms with Gasteiger partial charge in [0.05, 0.1) is 22.9 Å². The Bertz CT molecular complexity index is 823. The number of carbonyl (C=O) groups is 1. The zero-order valence-electron chi connectivity index (χ0n) is 13.9. The second-order valence-corrected chi connectivity index (χ2v) is 7.97. The summed E-state index contributed by atoms with van der Waals surface area (Å²) in [5.41, 5.74) is 0.624. The second-order valence-electron chi connectivity index (χ2n) is 5.99. The van der Waals surface area contributed by atoms with E-state index in [4.69, 9.17) is 16.3 Å². The Hall–Kier alpha value is -1.64. The standard InChI is InChI=1S/C16H20ClN3O4S/c1-24-8-6-18-16(21)11-9-14-13(10-12(11)17)20-7-4-2-3-5-15(20)19-25(14,22)23/h9-10H,2-8H2,1H3,(H,18,21). The molecule has 1 aromatic rings. The number of benzene rings is 1. The molecule has 136 valence electrons. The highest BCUT2D eigenvalue weighted by Crippen LogP contribution is 2.37. The monoisotopic (exact) mass is 385 g/mol. The molecule has 0 aromatic heterocycles. The molecule has 0 radical (unpaired) electrons. The number of ether oxygens (including phenoxy) is 1. The second kappa shape index (κ2) is 7.31. The summed E-state index contributed by atoms with van der Waals surface area (Å²) in [5, 5.41) is 2.87. The number of nitrogens with one attached hydrogen (secondary N) is 1. The van der Waals surface area contributed by atoms with Gasteiger partial charge in [0.1, 0.15) is 10.7 Å². The van der Waals surface area contributed by atoms with Gasteiger partial charge in [0.2, 0.25) is 0 Å². The smallest absolute Gasteiger partial charge is 0.286 e. The van der Waals surface area contributed by atoms with Gasteiger partial charge in [-0.3, -0.25) is 4.79 Å². The lowest BCUT2D eigenvalue weighted by Crippen LogP contribution is -2.35. The van der Waals surface area contributed by atoms with Crippen LogP contribution in [0.15, 0.2) is 21.4 Å². The van der Waals surface area contributed by atoms with Gasteiger partial charge in [0, 0.05) is 26.6 Å². The van der Waals surface area contributed by atoms with E-state index in [2.05, 4.69) is 9.71 Å². The summed E-state index contributed by atoms with van der Waals surface area (Å²) in [6.45, 7) is 1.36. The molecule has 0 saturated carbocycles. The van der Waals surface area contributed by atoms with E-state index >= 15 is 0 Å². The molecule has 2 heterocycles. The van der Waals surface area contributed by atoms with Gasteiger partial charge in [-0.25, -0.2) is 0 Å². The predicted molar refractivity (Wildman–Crippen MR) is 96.1 cm³/mol. The highest BCUT2D eigenvalue weighted by Gasteiger charge is 2.33. The van der Waals surface area contributed by atoms with Crippen molar-refractivity contribution in [3.05, 3.63) is 22.7 Å². The Morgan fingerprint density at radius 2 is 2.16 bits per heavy atom. The van der Waals surface area contributed by atoms with E-state index in [1.54, 1.807) is 6.07 Å². The summed E-state index contributed by atoms with van der Waals surface area (Å²) in [4.78, 5) is 14.2. The largest absolute Gasteiger partial charge is 0.383 e. The summed E-state index contributed by atoms with van der Waals surface area (Å²) < 4.78 is 34.0. The first-order valence-corrected chi connectivity index (χ1v) is 9.98. The molecule has 0 unspecified atom stereocenters. The molecule has 3 rings (SSSR count). The first kappa shape index (κ1) is 18.2. The minimum absolute atomic E-state index is 0.0273. The minimum atomic E-state index is -3.84. The zero-order chi connectivity index (χ0) is 18.0. The third kappa shape index (κ3) is 3.65. The van der Waals surface area contributed by atoms with Gasteiger partial charge in [0.15, 0.2) is 0 Å². The first-order chi connectivity index (χ1) is 11.9. The molecule has 7 nitrogen and oxygen atoms in total. The summed E-state index contributed by atoms with van der Waals surface area (Å²) in [6.07, 6.45) is 3.51. The first-order valence-electron chi connectivity index (χ1n) is 8.16. The van der Waals surface area contributed by atoms with E-state index in [9.17, 15) is 13.2 Å². The third-order valence-electron chi connectivity index (χ3n) is 4.27.